The highest BCUT2D eigenvalue weighted by Crippen LogP contribution is 2.56. The minimum atomic E-state index is -0.268. The van der Waals surface area contributed by atoms with Gasteiger partial charge in [-0.2, -0.15) is 0 Å². The van der Waals surface area contributed by atoms with Crippen LogP contribution in [0.5, 0.6) is 0 Å². The van der Waals surface area contributed by atoms with Crippen molar-refractivity contribution in [3.05, 3.63) is 58.6 Å². The van der Waals surface area contributed by atoms with Crippen molar-refractivity contribution in [1.29, 1.82) is 0 Å². The average molecular weight is 409 g/mol. The highest BCUT2D eigenvalue weighted by Gasteiger charge is 2.61. The molecule has 1 N–H and O–H groups in total. The van der Waals surface area contributed by atoms with Gasteiger partial charge in [-0.1, -0.05) is 17.7 Å². The van der Waals surface area contributed by atoms with Crippen LogP contribution < -0.4 is 10.2 Å². The number of nitrogens with one attached hydrogen (secondary N) is 1. The van der Waals surface area contributed by atoms with Crippen molar-refractivity contribution < 1.29 is 14.4 Å². The van der Waals surface area contributed by atoms with E-state index >= 15 is 0 Å². The van der Waals surface area contributed by atoms with E-state index in [0.717, 1.165) is 24.8 Å². The van der Waals surface area contributed by atoms with Crippen LogP contribution in [-0.2, 0) is 9.59 Å². The molecule has 0 unspecified atom stereocenters. The fraction of sp³-hybridized carbons (Fsp3) is 0.348. The van der Waals surface area contributed by atoms with Crippen LogP contribution in [0.1, 0.15) is 35.2 Å². The lowest BCUT2D eigenvalue weighted by Crippen LogP contribution is -2.32. The lowest BCUT2D eigenvalue weighted by Gasteiger charge is -2.19. The van der Waals surface area contributed by atoms with Crippen molar-refractivity contribution in [3.8, 4) is 0 Å². The monoisotopic (exact) mass is 408 g/mol. The molecule has 1 saturated heterocycles. The van der Waals surface area contributed by atoms with E-state index in [1.165, 1.54) is 4.90 Å². The number of hydrogen-bond donors (Lipinski definition) is 1. The molecule has 29 heavy (non-hydrogen) atoms. The number of rotatable bonds is 3. The van der Waals surface area contributed by atoms with Crippen molar-refractivity contribution >= 4 is 40.7 Å². The predicted octanol–water partition coefficient (Wildman–Crippen LogP) is 4.44. The van der Waals surface area contributed by atoms with Crippen molar-refractivity contribution in [1.82, 2.24) is 0 Å². The summed E-state index contributed by atoms with van der Waals surface area (Å²) in [5.41, 5.74) is 2.45. The lowest BCUT2D eigenvalue weighted by molar-refractivity contribution is -0.123. The Balaban J connectivity index is 1.35. The van der Waals surface area contributed by atoms with Gasteiger partial charge in [0.25, 0.3) is 5.91 Å². The number of nitrogens with zero attached hydrogens (tertiary/aromatic N) is 1. The van der Waals surface area contributed by atoms with Crippen molar-refractivity contribution in [2.75, 3.05) is 10.2 Å². The molecule has 2 aromatic rings. The standard InChI is InChI=1S/C23H21ClN2O3/c1-12-17(24)3-2-4-18(12)25-21(27)13-7-9-16(10-8-13)26-22(28)19-14-5-6-15(11-14)20(19)23(26)29/h2-4,7-10,14-15,19-20H,5-6,11H2,1H3,(H,25,27)/t14-,15-,19+,20+/m0/s1. The van der Waals surface area contributed by atoms with Crippen LogP contribution in [0, 0.1) is 30.6 Å². The normalized spacial score (nSPS) is 27.4. The maximum absolute atomic E-state index is 12.9. The lowest BCUT2D eigenvalue weighted by atomic mass is 9.81. The van der Waals surface area contributed by atoms with Crippen molar-refractivity contribution in [2.24, 2.45) is 23.7 Å². The third-order valence-electron chi connectivity index (χ3n) is 6.83. The Morgan fingerprint density at radius 3 is 2.24 bits per heavy atom. The van der Waals surface area contributed by atoms with Gasteiger partial charge in [0.2, 0.25) is 11.8 Å². The molecule has 2 saturated carbocycles. The molecule has 3 aliphatic rings. The second-order valence-electron chi connectivity index (χ2n) is 8.31. The fourth-order valence-corrected chi connectivity index (χ4v) is 5.54. The Morgan fingerprint density at radius 2 is 1.62 bits per heavy atom. The first-order valence-corrected chi connectivity index (χ1v) is 10.4. The number of amides is 3. The van der Waals surface area contributed by atoms with Gasteiger partial charge in [0.15, 0.2) is 0 Å². The maximum atomic E-state index is 12.9. The van der Waals surface area contributed by atoms with Gasteiger partial charge in [-0.25, -0.2) is 0 Å². The van der Waals surface area contributed by atoms with Crippen LogP contribution >= 0.6 is 11.6 Å². The number of imide groups is 1. The van der Waals surface area contributed by atoms with Gasteiger partial charge in [-0.15, -0.1) is 0 Å². The Morgan fingerprint density at radius 1 is 1.00 bits per heavy atom. The van der Waals surface area contributed by atoms with Gasteiger partial charge < -0.3 is 5.32 Å². The summed E-state index contributed by atoms with van der Waals surface area (Å²) in [6, 6.07) is 12.0. The summed E-state index contributed by atoms with van der Waals surface area (Å²) >= 11 is 6.11. The average Bonchev–Trinajstić information content (AvgIpc) is 3.39. The highest BCUT2D eigenvalue weighted by molar-refractivity contribution is 6.31. The van der Waals surface area contributed by atoms with Crippen LogP contribution in [0.4, 0.5) is 11.4 Å². The Kier molecular flexibility index (Phi) is 4.24. The molecule has 2 aromatic carbocycles. The molecule has 5 nitrogen and oxygen atoms in total. The summed E-state index contributed by atoms with van der Waals surface area (Å²) < 4.78 is 0. The Labute approximate surface area is 174 Å². The molecule has 148 valence electrons. The van der Waals surface area contributed by atoms with E-state index in [4.69, 9.17) is 11.6 Å². The summed E-state index contributed by atoms with van der Waals surface area (Å²) in [6.45, 7) is 1.84. The number of hydrogen-bond acceptors (Lipinski definition) is 3. The molecule has 0 aromatic heterocycles. The first kappa shape index (κ1) is 18.4. The predicted molar refractivity (Wildman–Crippen MR) is 111 cm³/mol. The topological polar surface area (TPSA) is 66.5 Å². The van der Waals surface area contributed by atoms with Gasteiger partial charge >= 0.3 is 0 Å². The zero-order chi connectivity index (χ0) is 20.3. The molecule has 1 heterocycles. The maximum Gasteiger partial charge on any atom is 0.255 e. The van der Waals surface area contributed by atoms with Gasteiger partial charge in [0, 0.05) is 16.3 Å². The summed E-state index contributed by atoms with van der Waals surface area (Å²) in [7, 11) is 0. The zero-order valence-corrected chi connectivity index (χ0v) is 16.8. The van der Waals surface area contributed by atoms with Gasteiger partial charge in [0.1, 0.15) is 0 Å². The SMILES string of the molecule is Cc1c(Cl)cccc1NC(=O)c1ccc(N2C(=O)[C@@H]3[C@H]4CC[C@@H](C4)[C@H]3C2=O)cc1. The summed E-state index contributed by atoms with van der Waals surface area (Å²) in [6.07, 6.45) is 3.13. The number of halogens is 1. The summed E-state index contributed by atoms with van der Waals surface area (Å²) in [5.74, 6) is 0.0220. The number of fused-ring (bicyclic) bond motifs is 5. The zero-order valence-electron chi connectivity index (χ0n) is 16.0. The third-order valence-corrected chi connectivity index (χ3v) is 7.24. The number of carbonyl (C=O) groups is 3. The van der Waals surface area contributed by atoms with Gasteiger partial charge in [0.05, 0.1) is 17.5 Å². The summed E-state index contributed by atoms with van der Waals surface area (Å²) in [5, 5.41) is 3.44. The Bertz CT molecular complexity index is 1000. The molecule has 4 atom stereocenters. The molecule has 2 bridgehead atoms. The fourth-order valence-electron chi connectivity index (χ4n) is 5.36. The number of anilines is 2. The highest BCUT2D eigenvalue weighted by atomic mass is 35.5. The third kappa shape index (κ3) is 2.79. The first-order chi connectivity index (χ1) is 14.0. The largest absolute Gasteiger partial charge is 0.322 e. The quantitative estimate of drug-likeness (QED) is 0.763. The van der Waals surface area contributed by atoms with Crippen LogP contribution in [0.25, 0.3) is 0 Å². The minimum absolute atomic E-state index is 0.0704. The first-order valence-electron chi connectivity index (χ1n) is 10.00. The van der Waals surface area contributed by atoms with Crippen LogP contribution in [0.3, 0.4) is 0 Å². The molecular formula is C23H21ClN2O3. The molecule has 3 amide bonds. The Hall–Kier alpha value is -2.66. The molecule has 5 rings (SSSR count). The van der Waals surface area contributed by atoms with Crippen molar-refractivity contribution in [2.45, 2.75) is 26.2 Å². The summed E-state index contributed by atoms with van der Waals surface area (Å²) in [4.78, 5) is 39.8. The van der Waals surface area contributed by atoms with E-state index in [0.29, 0.717) is 33.8 Å². The van der Waals surface area contributed by atoms with Crippen LogP contribution in [-0.4, -0.2) is 17.7 Å². The second-order valence-corrected chi connectivity index (χ2v) is 8.72. The molecule has 0 radical (unpaired) electrons. The number of carbonyl (C=O) groups excluding carboxylic acids is 3. The van der Waals surface area contributed by atoms with Crippen LogP contribution in [0.2, 0.25) is 5.02 Å². The molecule has 1 aliphatic heterocycles. The van der Waals surface area contributed by atoms with Crippen molar-refractivity contribution in [3.63, 3.8) is 0 Å². The van der Waals surface area contributed by atoms with Gasteiger partial charge in [-0.3, -0.25) is 19.3 Å². The molecule has 6 heteroatoms. The van der Waals surface area contributed by atoms with E-state index < -0.39 is 0 Å². The van der Waals surface area contributed by atoms with E-state index in [2.05, 4.69) is 5.32 Å². The van der Waals surface area contributed by atoms with Gasteiger partial charge in [-0.05, 0) is 80.0 Å². The van der Waals surface area contributed by atoms with Crippen LogP contribution in [0.15, 0.2) is 42.5 Å². The smallest absolute Gasteiger partial charge is 0.255 e. The second kappa shape index (κ2) is 6.70. The molecular weight excluding hydrogens is 388 g/mol. The van der Waals surface area contributed by atoms with E-state index in [1.807, 2.05) is 6.92 Å². The minimum Gasteiger partial charge on any atom is -0.322 e. The molecule has 0 spiro atoms. The molecule has 2 aliphatic carbocycles. The van der Waals surface area contributed by atoms with E-state index in [-0.39, 0.29) is 29.6 Å². The molecule has 3 fully saturated rings. The number of benzene rings is 2. The van der Waals surface area contributed by atoms with E-state index in [1.54, 1.807) is 42.5 Å². The van der Waals surface area contributed by atoms with E-state index in [9.17, 15) is 14.4 Å².